The number of carbonyl (C=O) groups is 2. The van der Waals surface area contributed by atoms with E-state index in [1.807, 2.05) is 0 Å². The Labute approximate surface area is 108 Å². The van der Waals surface area contributed by atoms with Crippen molar-refractivity contribution in [2.45, 2.75) is 38.3 Å². The molecule has 18 heavy (non-hydrogen) atoms. The second-order valence-corrected chi connectivity index (χ2v) is 5.78. The molecule has 3 atom stereocenters. The molecule has 1 aliphatic carbocycles. The second-order valence-electron chi connectivity index (χ2n) is 5.78. The molecule has 1 N–H and O–H groups in total. The monoisotopic (exact) mass is 253 g/mol. The molecule has 2 amide bonds. The second kappa shape index (κ2) is 5.26. The van der Waals surface area contributed by atoms with Crippen LogP contribution in [0.3, 0.4) is 0 Å². The molecule has 102 valence electrons. The van der Waals surface area contributed by atoms with Crippen molar-refractivity contribution >= 4 is 11.8 Å². The summed E-state index contributed by atoms with van der Waals surface area (Å²) in [5, 5.41) is 2.78. The molecule has 0 aromatic rings. The van der Waals surface area contributed by atoms with Crippen LogP contribution < -0.4 is 5.32 Å². The van der Waals surface area contributed by atoms with Crippen molar-refractivity contribution in [1.82, 2.24) is 15.1 Å². The zero-order valence-electron chi connectivity index (χ0n) is 11.5. The van der Waals surface area contributed by atoms with E-state index >= 15 is 0 Å². The fraction of sp³-hybridized carbons (Fsp3) is 0.846. The first-order chi connectivity index (χ1) is 8.47. The summed E-state index contributed by atoms with van der Waals surface area (Å²) in [7, 11) is 3.40. The van der Waals surface area contributed by atoms with E-state index in [-0.39, 0.29) is 11.8 Å². The van der Waals surface area contributed by atoms with Crippen LogP contribution >= 0.6 is 0 Å². The average Bonchev–Trinajstić information content (AvgIpc) is 2.89. The van der Waals surface area contributed by atoms with Gasteiger partial charge in [0, 0.05) is 26.7 Å². The maximum absolute atomic E-state index is 11.9. The highest BCUT2D eigenvalue weighted by atomic mass is 16.2. The van der Waals surface area contributed by atoms with Gasteiger partial charge in [0.1, 0.15) is 6.04 Å². The highest BCUT2D eigenvalue weighted by molar-refractivity contribution is 5.87. The van der Waals surface area contributed by atoms with E-state index in [0.29, 0.717) is 12.6 Å². The lowest BCUT2D eigenvalue weighted by molar-refractivity contribution is -0.134. The van der Waals surface area contributed by atoms with E-state index in [1.54, 1.807) is 21.0 Å². The molecule has 1 aliphatic heterocycles. The molecule has 3 unspecified atom stereocenters. The number of piperidine rings is 1. The first kappa shape index (κ1) is 13.3. The Kier molecular flexibility index (Phi) is 3.90. The van der Waals surface area contributed by atoms with Crippen molar-refractivity contribution < 1.29 is 9.59 Å². The van der Waals surface area contributed by atoms with Gasteiger partial charge in [-0.3, -0.25) is 14.5 Å². The molecule has 5 nitrogen and oxygen atoms in total. The predicted octanol–water partition coefficient (Wildman–Crippen LogP) is 0.0636. The van der Waals surface area contributed by atoms with Crippen LogP contribution in [0.2, 0.25) is 0 Å². The molecule has 2 bridgehead atoms. The predicted molar refractivity (Wildman–Crippen MR) is 69.0 cm³/mol. The summed E-state index contributed by atoms with van der Waals surface area (Å²) in [6.45, 7) is 3.22. The topological polar surface area (TPSA) is 52.7 Å². The summed E-state index contributed by atoms with van der Waals surface area (Å²) in [5.74, 6) is 0.695. The fourth-order valence-corrected chi connectivity index (χ4v) is 3.14. The zero-order chi connectivity index (χ0) is 13.3. The summed E-state index contributed by atoms with van der Waals surface area (Å²) >= 11 is 0. The van der Waals surface area contributed by atoms with Crippen LogP contribution in [0.1, 0.15) is 26.2 Å². The normalized spacial score (nSPS) is 28.2. The third kappa shape index (κ3) is 2.83. The molecule has 1 saturated heterocycles. The van der Waals surface area contributed by atoms with Gasteiger partial charge in [0.15, 0.2) is 0 Å². The third-order valence-electron chi connectivity index (χ3n) is 4.06. The van der Waals surface area contributed by atoms with Gasteiger partial charge in [-0.05, 0) is 32.1 Å². The van der Waals surface area contributed by atoms with E-state index in [9.17, 15) is 9.59 Å². The molecule has 0 aromatic heterocycles. The Hall–Kier alpha value is -1.10. The van der Waals surface area contributed by atoms with E-state index in [2.05, 4.69) is 10.2 Å². The number of nitrogens with zero attached hydrogens (tertiary/aromatic N) is 2. The third-order valence-corrected chi connectivity index (χ3v) is 4.06. The molecule has 0 radical (unpaired) electrons. The Balaban J connectivity index is 1.77. The first-order valence-electron chi connectivity index (χ1n) is 6.72. The zero-order valence-corrected chi connectivity index (χ0v) is 11.5. The van der Waals surface area contributed by atoms with Crippen LogP contribution in [0.25, 0.3) is 0 Å². The van der Waals surface area contributed by atoms with Gasteiger partial charge in [0.2, 0.25) is 11.8 Å². The van der Waals surface area contributed by atoms with Crippen molar-refractivity contribution in [3.63, 3.8) is 0 Å². The average molecular weight is 253 g/mol. The first-order valence-corrected chi connectivity index (χ1v) is 6.72. The highest BCUT2D eigenvalue weighted by Crippen LogP contribution is 2.36. The largest absolute Gasteiger partial charge is 0.347 e. The summed E-state index contributed by atoms with van der Waals surface area (Å²) < 4.78 is 0. The quantitative estimate of drug-likeness (QED) is 0.771. The summed E-state index contributed by atoms with van der Waals surface area (Å²) in [6.07, 6.45) is 3.79. The van der Waals surface area contributed by atoms with E-state index in [4.69, 9.17) is 0 Å². The molecule has 2 rings (SSSR count). The van der Waals surface area contributed by atoms with Gasteiger partial charge in [-0.25, -0.2) is 0 Å². The molecular formula is C13H23N3O2. The van der Waals surface area contributed by atoms with Crippen molar-refractivity contribution in [3.8, 4) is 0 Å². The number of likely N-dealkylation sites (tertiary alicyclic amines) is 1. The Bertz CT molecular complexity index is 343. The molecule has 2 fully saturated rings. The minimum Gasteiger partial charge on any atom is -0.347 e. The van der Waals surface area contributed by atoms with Crippen LogP contribution in [0.15, 0.2) is 0 Å². The SMILES string of the molecule is CC(NC(=O)CN1CC2CCC1C2)C(=O)N(C)C. The van der Waals surface area contributed by atoms with Gasteiger partial charge in [-0.1, -0.05) is 0 Å². The van der Waals surface area contributed by atoms with Crippen LogP contribution in [0.5, 0.6) is 0 Å². The minimum absolute atomic E-state index is 0.0368. The van der Waals surface area contributed by atoms with E-state index in [0.717, 1.165) is 12.5 Å². The maximum atomic E-state index is 11.9. The van der Waals surface area contributed by atoms with Gasteiger partial charge in [-0.15, -0.1) is 0 Å². The molecule has 0 spiro atoms. The lowest BCUT2D eigenvalue weighted by Gasteiger charge is -2.26. The Morgan fingerprint density at radius 1 is 1.39 bits per heavy atom. The van der Waals surface area contributed by atoms with Crippen molar-refractivity contribution in [2.75, 3.05) is 27.2 Å². The van der Waals surface area contributed by atoms with Gasteiger partial charge >= 0.3 is 0 Å². The molecule has 2 aliphatic rings. The molecule has 1 saturated carbocycles. The standard InChI is InChI=1S/C13H23N3O2/c1-9(13(18)15(2)3)14-12(17)8-16-7-10-4-5-11(16)6-10/h9-11H,4-8H2,1-3H3,(H,14,17). The summed E-state index contributed by atoms with van der Waals surface area (Å²) in [5.41, 5.74) is 0. The lowest BCUT2D eigenvalue weighted by atomic mass is 10.1. The van der Waals surface area contributed by atoms with E-state index in [1.165, 1.54) is 24.2 Å². The number of carbonyl (C=O) groups excluding carboxylic acids is 2. The number of fused-ring (bicyclic) bond motifs is 2. The number of hydrogen-bond acceptors (Lipinski definition) is 3. The molecule has 1 heterocycles. The number of nitrogens with one attached hydrogen (secondary N) is 1. The lowest BCUT2D eigenvalue weighted by Crippen LogP contribution is -2.48. The minimum atomic E-state index is -0.438. The van der Waals surface area contributed by atoms with Gasteiger partial charge in [0.25, 0.3) is 0 Å². The smallest absolute Gasteiger partial charge is 0.244 e. The molecule has 0 aromatic carbocycles. The highest BCUT2D eigenvalue weighted by Gasteiger charge is 2.38. The Morgan fingerprint density at radius 2 is 2.11 bits per heavy atom. The van der Waals surface area contributed by atoms with Crippen LogP contribution in [0, 0.1) is 5.92 Å². The summed E-state index contributed by atoms with van der Waals surface area (Å²) in [6, 6.07) is 0.160. The van der Waals surface area contributed by atoms with Crippen molar-refractivity contribution in [3.05, 3.63) is 0 Å². The maximum Gasteiger partial charge on any atom is 0.244 e. The van der Waals surface area contributed by atoms with Crippen molar-refractivity contribution in [2.24, 2.45) is 5.92 Å². The summed E-state index contributed by atoms with van der Waals surface area (Å²) in [4.78, 5) is 27.3. The van der Waals surface area contributed by atoms with Crippen LogP contribution in [0.4, 0.5) is 0 Å². The number of likely N-dealkylation sites (N-methyl/N-ethyl adjacent to an activating group) is 1. The van der Waals surface area contributed by atoms with Gasteiger partial charge in [0.05, 0.1) is 6.54 Å². The number of hydrogen-bond donors (Lipinski definition) is 1. The van der Waals surface area contributed by atoms with Crippen LogP contribution in [-0.4, -0.2) is 60.9 Å². The number of rotatable bonds is 4. The van der Waals surface area contributed by atoms with Gasteiger partial charge < -0.3 is 10.2 Å². The molecular weight excluding hydrogens is 230 g/mol. The van der Waals surface area contributed by atoms with E-state index < -0.39 is 6.04 Å². The molecule has 5 heteroatoms. The Morgan fingerprint density at radius 3 is 2.61 bits per heavy atom. The van der Waals surface area contributed by atoms with Gasteiger partial charge in [-0.2, -0.15) is 0 Å². The van der Waals surface area contributed by atoms with Crippen LogP contribution in [-0.2, 0) is 9.59 Å². The fourth-order valence-electron chi connectivity index (χ4n) is 3.14. The van der Waals surface area contributed by atoms with Crippen molar-refractivity contribution in [1.29, 1.82) is 0 Å². The number of amides is 2.